The Morgan fingerprint density at radius 2 is 1.95 bits per heavy atom. The number of halogens is 3. The van der Waals surface area contributed by atoms with Crippen molar-refractivity contribution in [2.24, 2.45) is 5.92 Å². The molecule has 7 heteroatoms. The van der Waals surface area contributed by atoms with E-state index in [2.05, 4.69) is 5.32 Å². The first-order chi connectivity index (χ1) is 10.6. The van der Waals surface area contributed by atoms with Crippen molar-refractivity contribution in [2.45, 2.75) is 25.1 Å². The maximum atomic E-state index is 13.9. The van der Waals surface area contributed by atoms with Crippen LogP contribution < -0.4 is 5.32 Å². The topological polar surface area (TPSA) is 41.6 Å². The van der Waals surface area contributed by atoms with E-state index >= 15 is 0 Å². The van der Waals surface area contributed by atoms with Crippen LogP contribution in [0.25, 0.3) is 0 Å². The maximum Gasteiger partial charge on any atom is 0.252 e. The summed E-state index contributed by atoms with van der Waals surface area (Å²) in [6, 6.07) is 2.55. The molecule has 22 heavy (non-hydrogen) atoms. The molecule has 0 spiro atoms. The van der Waals surface area contributed by atoms with Crippen LogP contribution in [-0.4, -0.2) is 36.8 Å². The molecule has 0 aliphatic carbocycles. The molecule has 120 valence electrons. The second-order valence-corrected chi connectivity index (χ2v) is 5.62. The molecule has 0 bridgehead atoms. The molecular formula is C15H17F3N2O2. The lowest BCUT2D eigenvalue weighted by molar-refractivity contribution is -0.184. The predicted octanol–water partition coefficient (Wildman–Crippen LogP) is 2.12. The SMILES string of the molecule is O=C(C1CCNCC1F)N1OCCC1c1cc(F)cc(F)c1. The summed E-state index contributed by atoms with van der Waals surface area (Å²) in [5.41, 5.74) is 0.327. The van der Waals surface area contributed by atoms with Crippen molar-refractivity contribution in [2.75, 3.05) is 19.7 Å². The van der Waals surface area contributed by atoms with E-state index in [1.807, 2.05) is 0 Å². The van der Waals surface area contributed by atoms with E-state index in [-0.39, 0.29) is 13.2 Å². The van der Waals surface area contributed by atoms with Gasteiger partial charge in [0.25, 0.3) is 5.91 Å². The van der Waals surface area contributed by atoms with Gasteiger partial charge in [-0.3, -0.25) is 9.63 Å². The summed E-state index contributed by atoms with van der Waals surface area (Å²) < 4.78 is 40.7. The van der Waals surface area contributed by atoms with Gasteiger partial charge in [0, 0.05) is 19.0 Å². The number of amides is 1. The van der Waals surface area contributed by atoms with Crippen LogP contribution >= 0.6 is 0 Å². The van der Waals surface area contributed by atoms with Crippen molar-refractivity contribution in [1.29, 1.82) is 0 Å². The van der Waals surface area contributed by atoms with Gasteiger partial charge in [-0.15, -0.1) is 0 Å². The van der Waals surface area contributed by atoms with E-state index in [1.165, 1.54) is 12.1 Å². The lowest BCUT2D eigenvalue weighted by Gasteiger charge is -2.31. The van der Waals surface area contributed by atoms with E-state index in [0.717, 1.165) is 11.1 Å². The Balaban J connectivity index is 1.81. The smallest absolute Gasteiger partial charge is 0.252 e. The normalized spacial score (nSPS) is 28.9. The summed E-state index contributed by atoms with van der Waals surface area (Å²) in [5, 5.41) is 3.98. The van der Waals surface area contributed by atoms with Crippen LogP contribution in [0.15, 0.2) is 18.2 Å². The Morgan fingerprint density at radius 1 is 1.23 bits per heavy atom. The summed E-state index contributed by atoms with van der Waals surface area (Å²) in [4.78, 5) is 17.8. The molecular weight excluding hydrogens is 297 g/mol. The van der Waals surface area contributed by atoms with Gasteiger partial charge < -0.3 is 5.32 Å². The van der Waals surface area contributed by atoms with Gasteiger partial charge in [-0.25, -0.2) is 18.2 Å². The Kier molecular flexibility index (Phi) is 4.35. The van der Waals surface area contributed by atoms with E-state index in [1.54, 1.807) is 0 Å². The lowest BCUT2D eigenvalue weighted by atomic mass is 9.94. The van der Waals surface area contributed by atoms with Gasteiger partial charge >= 0.3 is 0 Å². The Morgan fingerprint density at radius 3 is 2.64 bits per heavy atom. The highest BCUT2D eigenvalue weighted by atomic mass is 19.1. The third-order valence-corrected chi connectivity index (χ3v) is 4.12. The number of nitrogens with zero attached hydrogens (tertiary/aromatic N) is 1. The zero-order valence-corrected chi connectivity index (χ0v) is 11.9. The highest BCUT2D eigenvalue weighted by Gasteiger charge is 2.40. The molecule has 2 fully saturated rings. The van der Waals surface area contributed by atoms with Crippen LogP contribution in [0.3, 0.4) is 0 Å². The van der Waals surface area contributed by atoms with Gasteiger partial charge in [0.15, 0.2) is 0 Å². The number of nitrogens with one attached hydrogen (secondary N) is 1. The Bertz CT molecular complexity index is 549. The van der Waals surface area contributed by atoms with Crippen LogP contribution in [0.1, 0.15) is 24.4 Å². The molecule has 1 aromatic rings. The first-order valence-electron chi connectivity index (χ1n) is 7.33. The third kappa shape index (κ3) is 2.96. The second-order valence-electron chi connectivity index (χ2n) is 5.62. The minimum absolute atomic E-state index is 0.128. The van der Waals surface area contributed by atoms with Crippen molar-refractivity contribution in [3.8, 4) is 0 Å². The molecule has 2 heterocycles. The zero-order valence-electron chi connectivity index (χ0n) is 11.9. The van der Waals surface area contributed by atoms with Crippen LogP contribution in [-0.2, 0) is 9.63 Å². The molecule has 1 N–H and O–H groups in total. The number of carbonyl (C=O) groups is 1. The molecule has 3 unspecified atom stereocenters. The Hall–Kier alpha value is -1.60. The van der Waals surface area contributed by atoms with E-state index in [9.17, 15) is 18.0 Å². The number of hydrogen-bond acceptors (Lipinski definition) is 3. The predicted molar refractivity (Wildman–Crippen MR) is 72.4 cm³/mol. The molecule has 1 amide bonds. The molecule has 2 saturated heterocycles. The van der Waals surface area contributed by atoms with Gasteiger partial charge in [0.1, 0.15) is 17.8 Å². The summed E-state index contributed by atoms with van der Waals surface area (Å²) >= 11 is 0. The van der Waals surface area contributed by atoms with Gasteiger partial charge in [0.05, 0.1) is 18.6 Å². The fourth-order valence-electron chi connectivity index (χ4n) is 3.02. The Labute approximate surface area is 126 Å². The number of alkyl halides is 1. The van der Waals surface area contributed by atoms with Crippen molar-refractivity contribution >= 4 is 5.91 Å². The fourth-order valence-corrected chi connectivity index (χ4v) is 3.02. The van der Waals surface area contributed by atoms with Crippen molar-refractivity contribution in [1.82, 2.24) is 10.4 Å². The molecule has 2 aliphatic heterocycles. The standard InChI is InChI=1S/C15H17F3N2O2/c16-10-5-9(6-11(17)7-10)14-2-4-22-20(14)15(21)12-1-3-19-8-13(12)18/h5-7,12-14,19H,1-4,8H2. The number of benzene rings is 1. The summed E-state index contributed by atoms with van der Waals surface area (Å²) in [6.07, 6.45) is -0.476. The molecule has 4 nitrogen and oxygen atoms in total. The highest BCUT2D eigenvalue weighted by Crippen LogP contribution is 2.34. The highest BCUT2D eigenvalue weighted by molar-refractivity contribution is 5.79. The summed E-state index contributed by atoms with van der Waals surface area (Å²) in [5.74, 6) is -2.65. The molecule has 1 aromatic carbocycles. The van der Waals surface area contributed by atoms with E-state index < -0.39 is 35.7 Å². The van der Waals surface area contributed by atoms with Crippen LogP contribution in [0.4, 0.5) is 13.2 Å². The minimum atomic E-state index is -1.28. The number of hydrogen-bond donors (Lipinski definition) is 1. The average Bonchev–Trinajstić information content (AvgIpc) is 2.95. The largest absolute Gasteiger partial charge is 0.314 e. The fraction of sp³-hybridized carbons (Fsp3) is 0.533. The van der Waals surface area contributed by atoms with Crippen LogP contribution in [0.2, 0.25) is 0 Å². The first-order valence-corrected chi connectivity index (χ1v) is 7.33. The van der Waals surface area contributed by atoms with Gasteiger partial charge in [-0.1, -0.05) is 0 Å². The van der Waals surface area contributed by atoms with E-state index in [4.69, 9.17) is 4.84 Å². The van der Waals surface area contributed by atoms with Crippen molar-refractivity contribution in [3.63, 3.8) is 0 Å². The quantitative estimate of drug-likeness (QED) is 0.909. The molecule has 0 radical (unpaired) electrons. The number of piperidine rings is 1. The molecule has 2 aliphatic rings. The van der Waals surface area contributed by atoms with Crippen LogP contribution in [0, 0.1) is 17.6 Å². The van der Waals surface area contributed by atoms with Crippen molar-refractivity contribution in [3.05, 3.63) is 35.4 Å². The van der Waals surface area contributed by atoms with Crippen molar-refractivity contribution < 1.29 is 22.8 Å². The summed E-state index contributed by atoms with van der Waals surface area (Å²) in [7, 11) is 0. The second kappa shape index (κ2) is 6.26. The van der Waals surface area contributed by atoms with Crippen LogP contribution in [0.5, 0.6) is 0 Å². The lowest BCUT2D eigenvalue weighted by Crippen LogP contribution is -2.46. The number of hydroxylamine groups is 2. The third-order valence-electron chi connectivity index (χ3n) is 4.12. The first kappa shape index (κ1) is 15.3. The number of rotatable bonds is 2. The molecule has 0 aromatic heterocycles. The molecule has 3 rings (SSSR count). The molecule has 0 saturated carbocycles. The summed E-state index contributed by atoms with van der Waals surface area (Å²) in [6.45, 7) is 0.948. The minimum Gasteiger partial charge on any atom is -0.314 e. The van der Waals surface area contributed by atoms with Gasteiger partial charge in [-0.05, 0) is 30.7 Å². The average molecular weight is 314 g/mol. The zero-order chi connectivity index (χ0) is 15.7. The maximum absolute atomic E-state index is 13.9. The van der Waals surface area contributed by atoms with Gasteiger partial charge in [0.2, 0.25) is 0 Å². The van der Waals surface area contributed by atoms with E-state index in [0.29, 0.717) is 24.9 Å². The number of carbonyl (C=O) groups excluding carboxylic acids is 1. The van der Waals surface area contributed by atoms with Gasteiger partial charge in [-0.2, -0.15) is 0 Å². The monoisotopic (exact) mass is 314 g/mol. The molecule has 3 atom stereocenters.